The lowest BCUT2D eigenvalue weighted by Gasteiger charge is -2.34. The van der Waals surface area contributed by atoms with E-state index in [1.54, 1.807) is 25.3 Å². The lowest BCUT2D eigenvalue weighted by molar-refractivity contribution is -0.138. The molecular weight excluding hydrogens is 258 g/mol. The van der Waals surface area contributed by atoms with Gasteiger partial charge in [-0.05, 0) is 32.4 Å². The van der Waals surface area contributed by atoms with Gasteiger partial charge in [0.25, 0.3) is 5.91 Å². The summed E-state index contributed by atoms with van der Waals surface area (Å²) >= 11 is 0. The SMILES string of the molecule is COCc1ccccc1C(=O)N(CC(=O)O)C(C)(C)C. The van der Waals surface area contributed by atoms with Crippen molar-refractivity contribution in [1.29, 1.82) is 0 Å². The van der Waals surface area contributed by atoms with Crippen molar-refractivity contribution in [3.63, 3.8) is 0 Å². The van der Waals surface area contributed by atoms with E-state index in [-0.39, 0.29) is 12.5 Å². The van der Waals surface area contributed by atoms with Crippen LogP contribution in [0, 0.1) is 0 Å². The number of methoxy groups -OCH3 is 1. The Labute approximate surface area is 119 Å². The van der Waals surface area contributed by atoms with Crippen molar-refractivity contribution in [2.45, 2.75) is 32.9 Å². The molecule has 5 heteroatoms. The Hall–Kier alpha value is -1.88. The number of carboxylic acids is 1. The van der Waals surface area contributed by atoms with Crippen LogP contribution in [-0.4, -0.2) is 41.1 Å². The molecule has 0 unspecified atom stereocenters. The summed E-state index contributed by atoms with van der Waals surface area (Å²) in [5, 5.41) is 9.00. The molecule has 0 bridgehead atoms. The summed E-state index contributed by atoms with van der Waals surface area (Å²) < 4.78 is 5.08. The maximum Gasteiger partial charge on any atom is 0.323 e. The molecule has 0 aliphatic rings. The molecule has 0 radical (unpaired) electrons. The first kappa shape index (κ1) is 16.2. The Morgan fingerprint density at radius 2 is 1.85 bits per heavy atom. The van der Waals surface area contributed by atoms with Gasteiger partial charge < -0.3 is 14.7 Å². The van der Waals surface area contributed by atoms with Gasteiger partial charge in [-0.3, -0.25) is 9.59 Å². The van der Waals surface area contributed by atoms with Crippen LogP contribution >= 0.6 is 0 Å². The molecule has 0 heterocycles. The molecule has 20 heavy (non-hydrogen) atoms. The first-order valence-electron chi connectivity index (χ1n) is 6.38. The first-order chi connectivity index (χ1) is 9.27. The normalized spacial score (nSPS) is 11.2. The zero-order valence-corrected chi connectivity index (χ0v) is 12.3. The number of carboxylic acid groups (broad SMARTS) is 1. The van der Waals surface area contributed by atoms with Gasteiger partial charge in [0, 0.05) is 18.2 Å². The number of nitrogens with zero attached hydrogens (tertiary/aromatic N) is 1. The van der Waals surface area contributed by atoms with Crippen molar-refractivity contribution < 1.29 is 19.4 Å². The predicted molar refractivity (Wildman–Crippen MR) is 75.6 cm³/mol. The maximum absolute atomic E-state index is 12.6. The van der Waals surface area contributed by atoms with Crippen LogP contribution in [0.5, 0.6) is 0 Å². The van der Waals surface area contributed by atoms with Crippen molar-refractivity contribution in [2.24, 2.45) is 0 Å². The van der Waals surface area contributed by atoms with E-state index in [2.05, 4.69) is 0 Å². The highest BCUT2D eigenvalue weighted by Crippen LogP contribution is 2.20. The van der Waals surface area contributed by atoms with Crippen LogP contribution in [0.15, 0.2) is 24.3 Å². The smallest absolute Gasteiger partial charge is 0.323 e. The molecule has 0 atom stereocenters. The fourth-order valence-electron chi connectivity index (χ4n) is 1.90. The summed E-state index contributed by atoms with van der Waals surface area (Å²) in [5.41, 5.74) is 0.653. The number of hydrogen-bond acceptors (Lipinski definition) is 3. The number of rotatable bonds is 5. The van der Waals surface area contributed by atoms with Crippen LogP contribution < -0.4 is 0 Å². The second-order valence-corrected chi connectivity index (χ2v) is 5.55. The summed E-state index contributed by atoms with van der Waals surface area (Å²) in [6.07, 6.45) is 0. The number of ether oxygens (including phenoxy) is 1. The molecule has 1 aromatic carbocycles. The molecule has 1 rings (SSSR count). The van der Waals surface area contributed by atoms with Gasteiger partial charge in [-0.2, -0.15) is 0 Å². The minimum Gasteiger partial charge on any atom is -0.480 e. The molecule has 110 valence electrons. The van der Waals surface area contributed by atoms with Gasteiger partial charge in [0.1, 0.15) is 6.54 Å². The van der Waals surface area contributed by atoms with E-state index in [1.165, 1.54) is 4.90 Å². The fraction of sp³-hybridized carbons (Fsp3) is 0.467. The Balaban J connectivity index is 3.15. The minimum absolute atomic E-state index is 0.299. The molecule has 1 aromatic rings. The molecule has 0 aromatic heterocycles. The van der Waals surface area contributed by atoms with E-state index in [0.717, 1.165) is 5.56 Å². The number of hydrogen-bond donors (Lipinski definition) is 1. The lowest BCUT2D eigenvalue weighted by Crippen LogP contribution is -2.48. The van der Waals surface area contributed by atoms with Crippen LogP contribution in [0.1, 0.15) is 36.7 Å². The highest BCUT2D eigenvalue weighted by molar-refractivity contribution is 5.97. The molecule has 5 nitrogen and oxygen atoms in total. The largest absolute Gasteiger partial charge is 0.480 e. The van der Waals surface area contributed by atoms with E-state index in [0.29, 0.717) is 12.2 Å². The van der Waals surface area contributed by atoms with Crippen molar-refractivity contribution in [3.05, 3.63) is 35.4 Å². The molecule has 0 aliphatic heterocycles. The first-order valence-corrected chi connectivity index (χ1v) is 6.38. The van der Waals surface area contributed by atoms with Gasteiger partial charge in [0.2, 0.25) is 0 Å². The van der Waals surface area contributed by atoms with Gasteiger partial charge in [-0.1, -0.05) is 18.2 Å². The Morgan fingerprint density at radius 3 is 2.35 bits per heavy atom. The van der Waals surface area contributed by atoms with Crippen LogP contribution in [-0.2, 0) is 16.1 Å². The van der Waals surface area contributed by atoms with Gasteiger partial charge in [0.05, 0.1) is 6.61 Å². The second-order valence-electron chi connectivity index (χ2n) is 5.55. The molecule has 0 saturated carbocycles. The third-order valence-corrected chi connectivity index (χ3v) is 2.90. The summed E-state index contributed by atoms with van der Waals surface area (Å²) in [4.78, 5) is 25.0. The third-order valence-electron chi connectivity index (χ3n) is 2.90. The van der Waals surface area contributed by atoms with E-state index >= 15 is 0 Å². The predicted octanol–water partition coefficient (Wildman–Crippen LogP) is 2.16. The monoisotopic (exact) mass is 279 g/mol. The van der Waals surface area contributed by atoms with E-state index in [1.807, 2.05) is 26.8 Å². The van der Waals surface area contributed by atoms with Crippen molar-refractivity contribution in [2.75, 3.05) is 13.7 Å². The Kier molecular flexibility index (Phi) is 5.27. The molecule has 0 saturated heterocycles. The van der Waals surface area contributed by atoms with Crippen LogP contribution in [0.25, 0.3) is 0 Å². The number of carbonyl (C=O) groups excluding carboxylic acids is 1. The number of aliphatic carboxylic acids is 1. The average Bonchev–Trinajstić information content (AvgIpc) is 2.35. The van der Waals surface area contributed by atoms with Crippen LogP contribution in [0.2, 0.25) is 0 Å². The Morgan fingerprint density at radius 1 is 1.25 bits per heavy atom. The van der Waals surface area contributed by atoms with E-state index < -0.39 is 11.5 Å². The van der Waals surface area contributed by atoms with Crippen molar-refractivity contribution >= 4 is 11.9 Å². The van der Waals surface area contributed by atoms with E-state index in [9.17, 15) is 9.59 Å². The van der Waals surface area contributed by atoms with Gasteiger partial charge in [-0.25, -0.2) is 0 Å². The van der Waals surface area contributed by atoms with Crippen molar-refractivity contribution in [3.8, 4) is 0 Å². The second kappa shape index (κ2) is 6.52. The maximum atomic E-state index is 12.6. The molecular formula is C15H21NO4. The van der Waals surface area contributed by atoms with E-state index in [4.69, 9.17) is 9.84 Å². The fourth-order valence-corrected chi connectivity index (χ4v) is 1.90. The summed E-state index contributed by atoms with van der Waals surface area (Å²) in [6.45, 7) is 5.42. The zero-order valence-electron chi connectivity index (χ0n) is 12.3. The van der Waals surface area contributed by atoms with Crippen LogP contribution in [0.4, 0.5) is 0 Å². The molecule has 1 N–H and O–H groups in total. The Bertz CT molecular complexity index is 491. The number of amides is 1. The number of benzene rings is 1. The lowest BCUT2D eigenvalue weighted by atomic mass is 10.0. The zero-order chi connectivity index (χ0) is 15.3. The highest BCUT2D eigenvalue weighted by atomic mass is 16.5. The third kappa shape index (κ3) is 4.06. The standard InChI is InChI=1S/C15H21NO4/c1-15(2,3)16(9-13(17)18)14(19)12-8-6-5-7-11(12)10-20-4/h5-8H,9-10H2,1-4H3,(H,17,18). The summed E-state index contributed by atoms with van der Waals surface area (Å²) in [6, 6.07) is 7.08. The van der Waals surface area contributed by atoms with Gasteiger partial charge in [0.15, 0.2) is 0 Å². The van der Waals surface area contributed by atoms with Crippen LogP contribution in [0.3, 0.4) is 0 Å². The molecule has 1 amide bonds. The minimum atomic E-state index is -1.03. The summed E-state index contributed by atoms with van der Waals surface area (Å²) in [7, 11) is 1.56. The number of carbonyl (C=O) groups is 2. The van der Waals surface area contributed by atoms with Crippen molar-refractivity contribution in [1.82, 2.24) is 4.90 Å². The summed E-state index contributed by atoms with van der Waals surface area (Å²) in [5.74, 6) is -1.33. The molecule has 0 aliphatic carbocycles. The highest BCUT2D eigenvalue weighted by Gasteiger charge is 2.30. The van der Waals surface area contributed by atoms with Gasteiger partial charge >= 0.3 is 5.97 Å². The molecule has 0 spiro atoms. The quantitative estimate of drug-likeness (QED) is 0.897. The average molecular weight is 279 g/mol. The van der Waals surface area contributed by atoms with Gasteiger partial charge in [-0.15, -0.1) is 0 Å². The topological polar surface area (TPSA) is 66.8 Å². The molecule has 0 fully saturated rings.